The van der Waals surface area contributed by atoms with Crippen molar-refractivity contribution in [2.75, 3.05) is 6.54 Å². The number of amides is 1. The zero-order valence-corrected chi connectivity index (χ0v) is 10.7. The second-order valence-corrected chi connectivity index (χ2v) is 4.89. The molecule has 3 rings (SSSR count). The van der Waals surface area contributed by atoms with Gasteiger partial charge in [-0.2, -0.15) is 5.10 Å². The minimum Gasteiger partial charge on any atom is -0.467 e. The SMILES string of the molecule is O=C(NCC(c1ccco1)n1cccn1)C1CCC1. The molecule has 0 radical (unpaired) electrons. The third kappa shape index (κ3) is 2.54. The van der Waals surface area contributed by atoms with Crippen LogP contribution < -0.4 is 5.32 Å². The monoisotopic (exact) mass is 259 g/mol. The Balaban J connectivity index is 1.68. The molecule has 1 atom stereocenters. The lowest BCUT2D eigenvalue weighted by atomic mass is 9.85. The maximum absolute atomic E-state index is 11.9. The molecule has 2 heterocycles. The van der Waals surface area contributed by atoms with E-state index < -0.39 is 0 Å². The lowest BCUT2D eigenvalue weighted by Gasteiger charge is -2.25. The average Bonchev–Trinajstić information content (AvgIpc) is 2.98. The van der Waals surface area contributed by atoms with Gasteiger partial charge in [-0.25, -0.2) is 0 Å². The van der Waals surface area contributed by atoms with Gasteiger partial charge in [-0.05, 0) is 31.0 Å². The van der Waals surface area contributed by atoms with Gasteiger partial charge in [0.1, 0.15) is 11.8 Å². The summed E-state index contributed by atoms with van der Waals surface area (Å²) in [6, 6.07) is 5.53. The third-order valence-electron chi connectivity index (χ3n) is 3.66. The van der Waals surface area contributed by atoms with E-state index in [1.165, 1.54) is 6.42 Å². The first kappa shape index (κ1) is 12.0. The lowest BCUT2D eigenvalue weighted by Crippen LogP contribution is -2.38. The first-order chi connectivity index (χ1) is 9.34. The van der Waals surface area contributed by atoms with Gasteiger partial charge in [-0.3, -0.25) is 9.48 Å². The highest BCUT2D eigenvalue weighted by atomic mass is 16.3. The Labute approximate surface area is 111 Å². The largest absolute Gasteiger partial charge is 0.467 e. The molecule has 0 spiro atoms. The summed E-state index contributed by atoms with van der Waals surface area (Å²) in [7, 11) is 0. The normalized spacial score (nSPS) is 16.8. The zero-order valence-electron chi connectivity index (χ0n) is 10.7. The molecule has 5 heteroatoms. The van der Waals surface area contributed by atoms with Crippen molar-refractivity contribution in [3.63, 3.8) is 0 Å². The number of hydrogen-bond donors (Lipinski definition) is 1. The number of nitrogens with one attached hydrogen (secondary N) is 1. The fourth-order valence-electron chi connectivity index (χ4n) is 2.28. The van der Waals surface area contributed by atoms with Crippen molar-refractivity contribution in [2.45, 2.75) is 25.3 Å². The number of aromatic nitrogens is 2. The van der Waals surface area contributed by atoms with Gasteiger partial charge in [0, 0.05) is 24.9 Å². The molecular formula is C14H17N3O2. The van der Waals surface area contributed by atoms with Gasteiger partial charge < -0.3 is 9.73 Å². The molecule has 1 aliphatic rings. The number of carbonyl (C=O) groups is 1. The van der Waals surface area contributed by atoms with Gasteiger partial charge in [0.2, 0.25) is 5.91 Å². The quantitative estimate of drug-likeness (QED) is 0.893. The molecule has 2 aromatic rings. The molecular weight excluding hydrogens is 242 g/mol. The summed E-state index contributed by atoms with van der Waals surface area (Å²) in [6.45, 7) is 0.504. The fourth-order valence-corrected chi connectivity index (χ4v) is 2.28. The van der Waals surface area contributed by atoms with Crippen molar-refractivity contribution in [1.82, 2.24) is 15.1 Å². The van der Waals surface area contributed by atoms with E-state index in [-0.39, 0.29) is 17.9 Å². The molecule has 100 valence electrons. The van der Waals surface area contributed by atoms with Gasteiger partial charge in [0.05, 0.1) is 6.26 Å². The fraction of sp³-hybridized carbons (Fsp3) is 0.429. The first-order valence-electron chi connectivity index (χ1n) is 6.65. The summed E-state index contributed by atoms with van der Waals surface area (Å²) in [6.07, 6.45) is 8.43. The average molecular weight is 259 g/mol. The van der Waals surface area contributed by atoms with Gasteiger partial charge in [-0.15, -0.1) is 0 Å². The van der Waals surface area contributed by atoms with Crippen molar-refractivity contribution in [3.8, 4) is 0 Å². The number of nitrogens with zero attached hydrogens (tertiary/aromatic N) is 2. The standard InChI is InChI=1S/C14H17N3O2/c18-14(11-4-1-5-11)15-10-12(13-6-2-9-19-13)17-8-3-7-16-17/h2-3,6-9,11-12H,1,4-5,10H2,(H,15,18). The first-order valence-corrected chi connectivity index (χ1v) is 6.65. The Bertz CT molecular complexity index is 481. The molecule has 1 N–H and O–H groups in total. The Morgan fingerprint density at radius 2 is 2.42 bits per heavy atom. The van der Waals surface area contributed by atoms with E-state index >= 15 is 0 Å². The predicted molar refractivity (Wildman–Crippen MR) is 69.4 cm³/mol. The Morgan fingerprint density at radius 1 is 1.53 bits per heavy atom. The maximum atomic E-state index is 11.9. The molecule has 2 aromatic heterocycles. The third-order valence-corrected chi connectivity index (χ3v) is 3.66. The molecule has 1 aliphatic carbocycles. The van der Waals surface area contributed by atoms with Gasteiger partial charge in [0.15, 0.2) is 0 Å². The number of rotatable bonds is 5. The van der Waals surface area contributed by atoms with Gasteiger partial charge in [0.25, 0.3) is 0 Å². The van der Waals surface area contributed by atoms with Crippen LogP contribution in [0, 0.1) is 5.92 Å². The minimum absolute atomic E-state index is 0.0889. The van der Waals surface area contributed by atoms with E-state index in [0.717, 1.165) is 18.6 Å². The number of furan rings is 1. The second kappa shape index (κ2) is 5.30. The summed E-state index contributed by atoms with van der Waals surface area (Å²) < 4.78 is 7.25. The van der Waals surface area contributed by atoms with Crippen molar-refractivity contribution in [3.05, 3.63) is 42.6 Å². The summed E-state index contributed by atoms with van der Waals surface area (Å²) in [5, 5.41) is 7.24. The highest BCUT2D eigenvalue weighted by Crippen LogP contribution is 2.26. The summed E-state index contributed by atoms with van der Waals surface area (Å²) >= 11 is 0. The van der Waals surface area contributed by atoms with E-state index in [0.29, 0.717) is 6.54 Å². The van der Waals surface area contributed by atoms with Crippen LogP contribution in [0.15, 0.2) is 41.3 Å². The van der Waals surface area contributed by atoms with Crippen molar-refractivity contribution >= 4 is 5.91 Å². The maximum Gasteiger partial charge on any atom is 0.223 e. The Kier molecular flexibility index (Phi) is 3.35. The summed E-state index contributed by atoms with van der Waals surface area (Å²) in [4.78, 5) is 11.9. The predicted octanol–water partition coefficient (Wildman–Crippen LogP) is 1.98. The summed E-state index contributed by atoms with van der Waals surface area (Å²) in [5.41, 5.74) is 0. The van der Waals surface area contributed by atoms with Crippen LogP contribution in [0.5, 0.6) is 0 Å². The molecule has 0 aliphatic heterocycles. The van der Waals surface area contributed by atoms with E-state index in [2.05, 4.69) is 10.4 Å². The second-order valence-electron chi connectivity index (χ2n) is 4.89. The molecule has 19 heavy (non-hydrogen) atoms. The van der Waals surface area contributed by atoms with E-state index in [9.17, 15) is 4.79 Å². The van der Waals surface area contributed by atoms with Crippen molar-refractivity contribution < 1.29 is 9.21 Å². The number of carbonyl (C=O) groups excluding carboxylic acids is 1. The van der Waals surface area contributed by atoms with Crippen LogP contribution in [0.3, 0.4) is 0 Å². The van der Waals surface area contributed by atoms with Crippen LogP contribution in [0.25, 0.3) is 0 Å². The van der Waals surface area contributed by atoms with E-state index in [1.54, 1.807) is 17.1 Å². The lowest BCUT2D eigenvalue weighted by molar-refractivity contribution is -0.127. The molecule has 1 fully saturated rings. The molecule has 5 nitrogen and oxygen atoms in total. The molecule has 0 bridgehead atoms. The molecule has 1 amide bonds. The number of hydrogen-bond acceptors (Lipinski definition) is 3. The van der Waals surface area contributed by atoms with Crippen molar-refractivity contribution in [2.24, 2.45) is 5.92 Å². The summed E-state index contributed by atoms with van der Waals surface area (Å²) in [5.74, 6) is 1.16. The topological polar surface area (TPSA) is 60.1 Å². The smallest absolute Gasteiger partial charge is 0.223 e. The molecule has 1 saturated carbocycles. The van der Waals surface area contributed by atoms with Gasteiger partial charge in [-0.1, -0.05) is 6.42 Å². The van der Waals surface area contributed by atoms with Crippen LogP contribution in [0.2, 0.25) is 0 Å². The Morgan fingerprint density at radius 3 is 3.00 bits per heavy atom. The molecule has 1 unspecified atom stereocenters. The van der Waals surface area contributed by atoms with E-state index in [1.807, 2.05) is 24.4 Å². The highest BCUT2D eigenvalue weighted by Gasteiger charge is 2.26. The van der Waals surface area contributed by atoms with Crippen LogP contribution in [-0.2, 0) is 4.79 Å². The van der Waals surface area contributed by atoms with Crippen molar-refractivity contribution in [1.29, 1.82) is 0 Å². The Hall–Kier alpha value is -2.04. The zero-order chi connectivity index (χ0) is 13.1. The highest BCUT2D eigenvalue weighted by molar-refractivity contribution is 5.79. The minimum atomic E-state index is -0.0889. The molecule has 0 aromatic carbocycles. The van der Waals surface area contributed by atoms with Crippen LogP contribution in [0.1, 0.15) is 31.1 Å². The molecule has 0 saturated heterocycles. The van der Waals surface area contributed by atoms with Gasteiger partial charge >= 0.3 is 0 Å². The van der Waals surface area contributed by atoms with Crippen LogP contribution in [-0.4, -0.2) is 22.2 Å². The van der Waals surface area contributed by atoms with Crippen LogP contribution >= 0.6 is 0 Å². The van der Waals surface area contributed by atoms with Crippen LogP contribution in [0.4, 0.5) is 0 Å². The van der Waals surface area contributed by atoms with E-state index in [4.69, 9.17) is 4.42 Å².